The quantitative estimate of drug-likeness (QED) is 0.156. The van der Waals surface area contributed by atoms with Crippen molar-refractivity contribution in [1.82, 2.24) is 0 Å². The van der Waals surface area contributed by atoms with Crippen LogP contribution in [0.4, 0.5) is 17.1 Å². The first-order valence-corrected chi connectivity index (χ1v) is 19.1. The molecule has 0 spiro atoms. The molecule has 0 fully saturated rings. The van der Waals surface area contributed by atoms with E-state index in [0.29, 0.717) is 0 Å². The summed E-state index contributed by atoms with van der Waals surface area (Å²) in [6.07, 6.45) is 0. The van der Waals surface area contributed by atoms with E-state index in [1.54, 1.807) is 0 Å². The van der Waals surface area contributed by atoms with E-state index in [1.165, 1.54) is 33.0 Å². The van der Waals surface area contributed by atoms with Gasteiger partial charge in [-0.2, -0.15) is 0 Å². The topological polar surface area (TPSA) is 16.4 Å². The number of fused-ring (bicyclic) bond motifs is 2. The molecule has 0 aliphatic heterocycles. The van der Waals surface area contributed by atoms with Crippen LogP contribution < -0.4 is 4.90 Å². The van der Waals surface area contributed by atoms with Crippen molar-refractivity contribution in [2.24, 2.45) is 0 Å². The Hall–Kier alpha value is -7.42. The molecular formula is C54H37NO. The van der Waals surface area contributed by atoms with Gasteiger partial charge in [-0.3, -0.25) is 0 Å². The molecule has 0 unspecified atom stereocenters. The zero-order chi connectivity index (χ0) is 37.3. The van der Waals surface area contributed by atoms with Gasteiger partial charge in [0, 0.05) is 33.5 Å². The van der Waals surface area contributed by atoms with Crippen LogP contribution in [0.3, 0.4) is 0 Å². The van der Waals surface area contributed by atoms with Crippen LogP contribution >= 0.6 is 0 Å². The molecular weight excluding hydrogens is 679 g/mol. The van der Waals surface area contributed by atoms with Gasteiger partial charge >= 0.3 is 0 Å². The molecule has 2 heteroatoms. The summed E-state index contributed by atoms with van der Waals surface area (Å²) in [6, 6.07) is 80.0. The van der Waals surface area contributed by atoms with E-state index < -0.39 is 0 Å². The number of anilines is 3. The van der Waals surface area contributed by atoms with Gasteiger partial charge in [0.05, 0.1) is 5.69 Å². The highest BCUT2D eigenvalue weighted by Crippen LogP contribution is 2.44. The van der Waals surface area contributed by atoms with Crippen LogP contribution in [0, 0.1) is 0 Å². The fourth-order valence-electron chi connectivity index (χ4n) is 7.93. The minimum atomic E-state index is 0.880. The monoisotopic (exact) mass is 715 g/mol. The predicted molar refractivity (Wildman–Crippen MR) is 236 cm³/mol. The van der Waals surface area contributed by atoms with Gasteiger partial charge in [0.2, 0.25) is 0 Å². The number of rotatable bonds is 8. The average molecular weight is 716 g/mol. The lowest BCUT2D eigenvalue weighted by molar-refractivity contribution is 0.632. The van der Waals surface area contributed by atoms with Crippen LogP contribution in [0.5, 0.6) is 0 Å². The van der Waals surface area contributed by atoms with Crippen molar-refractivity contribution in [3.05, 3.63) is 224 Å². The van der Waals surface area contributed by atoms with Crippen molar-refractivity contribution in [3.8, 4) is 55.8 Å². The summed E-state index contributed by atoms with van der Waals surface area (Å²) in [4.78, 5) is 2.38. The first-order chi connectivity index (χ1) is 27.8. The number of para-hydroxylation sites is 2. The van der Waals surface area contributed by atoms with Crippen LogP contribution in [-0.4, -0.2) is 0 Å². The lowest BCUT2D eigenvalue weighted by Crippen LogP contribution is -2.11. The van der Waals surface area contributed by atoms with Gasteiger partial charge in [0.1, 0.15) is 11.3 Å². The smallest absolute Gasteiger partial charge is 0.143 e. The Kier molecular flexibility index (Phi) is 8.55. The zero-order valence-electron chi connectivity index (χ0n) is 30.7. The molecule has 9 aromatic carbocycles. The summed E-state index contributed by atoms with van der Waals surface area (Å²) < 4.78 is 6.58. The fourth-order valence-corrected chi connectivity index (χ4v) is 7.93. The second kappa shape index (κ2) is 14.4. The number of hydrogen-bond donors (Lipinski definition) is 0. The van der Waals surface area contributed by atoms with Gasteiger partial charge in [-0.1, -0.05) is 176 Å². The molecule has 0 bridgehead atoms. The summed E-state index contributed by atoms with van der Waals surface area (Å²) >= 11 is 0. The molecule has 56 heavy (non-hydrogen) atoms. The third kappa shape index (κ3) is 6.24. The first kappa shape index (κ1) is 33.2. The summed E-state index contributed by atoms with van der Waals surface area (Å²) in [5.41, 5.74) is 14.4. The lowest BCUT2D eigenvalue weighted by Gasteiger charge is -2.28. The molecule has 0 amide bonds. The normalized spacial score (nSPS) is 11.2. The fraction of sp³-hybridized carbons (Fsp3) is 0. The minimum Gasteiger partial charge on any atom is -0.455 e. The average Bonchev–Trinajstić information content (AvgIpc) is 3.67. The third-order valence-electron chi connectivity index (χ3n) is 10.7. The van der Waals surface area contributed by atoms with Crippen molar-refractivity contribution in [2.75, 3.05) is 4.90 Å². The number of furan rings is 1. The largest absolute Gasteiger partial charge is 0.455 e. The lowest BCUT2D eigenvalue weighted by atomic mass is 9.96. The molecule has 0 N–H and O–H groups in total. The van der Waals surface area contributed by atoms with Crippen LogP contribution in [0.1, 0.15) is 0 Å². The maximum absolute atomic E-state index is 6.58. The van der Waals surface area contributed by atoms with Gasteiger partial charge in [-0.15, -0.1) is 0 Å². The second-order valence-electron chi connectivity index (χ2n) is 14.1. The Labute approximate surface area is 327 Å². The highest BCUT2D eigenvalue weighted by Gasteiger charge is 2.20. The summed E-state index contributed by atoms with van der Waals surface area (Å²) in [7, 11) is 0. The molecule has 264 valence electrons. The SMILES string of the molecule is c1ccc(-c2ccccc2N(c2ccc(-c3cccc(-c4oc5ccccc5c4-c4ccccc4)c3)cc2)c2cccc(-c3ccc4ccccc4c3)c2)cc1. The number of hydrogen-bond acceptors (Lipinski definition) is 2. The van der Waals surface area contributed by atoms with Crippen molar-refractivity contribution in [1.29, 1.82) is 0 Å². The van der Waals surface area contributed by atoms with E-state index in [0.717, 1.165) is 61.6 Å². The molecule has 2 nitrogen and oxygen atoms in total. The van der Waals surface area contributed by atoms with E-state index in [-0.39, 0.29) is 0 Å². The van der Waals surface area contributed by atoms with Crippen molar-refractivity contribution >= 4 is 38.8 Å². The van der Waals surface area contributed by atoms with Gasteiger partial charge < -0.3 is 9.32 Å². The first-order valence-electron chi connectivity index (χ1n) is 19.1. The second-order valence-corrected chi connectivity index (χ2v) is 14.1. The van der Waals surface area contributed by atoms with E-state index in [1.807, 2.05) is 12.1 Å². The molecule has 0 aliphatic rings. The molecule has 1 heterocycles. The van der Waals surface area contributed by atoms with Gasteiger partial charge in [0.15, 0.2) is 0 Å². The highest BCUT2D eigenvalue weighted by molar-refractivity contribution is 6.02. The van der Waals surface area contributed by atoms with E-state index in [9.17, 15) is 0 Å². The van der Waals surface area contributed by atoms with Crippen LogP contribution in [0.25, 0.3) is 77.6 Å². The molecule has 0 atom stereocenters. The van der Waals surface area contributed by atoms with Gasteiger partial charge in [-0.05, 0) is 92.7 Å². The Morgan fingerprint density at radius 1 is 0.321 bits per heavy atom. The Bertz CT molecular complexity index is 2960. The Morgan fingerprint density at radius 3 is 1.73 bits per heavy atom. The predicted octanol–water partition coefficient (Wildman–Crippen LogP) is 15.4. The summed E-state index contributed by atoms with van der Waals surface area (Å²) in [5.74, 6) is 0.880. The van der Waals surface area contributed by atoms with Crippen LogP contribution in [0.15, 0.2) is 229 Å². The third-order valence-corrected chi connectivity index (χ3v) is 10.7. The number of benzene rings is 9. The summed E-state index contributed by atoms with van der Waals surface area (Å²) in [5, 5.41) is 3.59. The van der Waals surface area contributed by atoms with Crippen molar-refractivity contribution < 1.29 is 4.42 Å². The van der Waals surface area contributed by atoms with Crippen LogP contribution in [0.2, 0.25) is 0 Å². The molecule has 10 rings (SSSR count). The van der Waals surface area contributed by atoms with Crippen molar-refractivity contribution in [3.63, 3.8) is 0 Å². The van der Waals surface area contributed by atoms with E-state index in [4.69, 9.17) is 4.42 Å². The maximum atomic E-state index is 6.58. The molecule has 0 aliphatic carbocycles. The van der Waals surface area contributed by atoms with E-state index >= 15 is 0 Å². The summed E-state index contributed by atoms with van der Waals surface area (Å²) in [6.45, 7) is 0. The number of nitrogens with zero attached hydrogens (tertiary/aromatic N) is 1. The van der Waals surface area contributed by atoms with Gasteiger partial charge in [-0.25, -0.2) is 0 Å². The van der Waals surface area contributed by atoms with Gasteiger partial charge in [0.25, 0.3) is 0 Å². The molecule has 0 saturated carbocycles. The van der Waals surface area contributed by atoms with E-state index in [2.05, 4.69) is 217 Å². The Balaban J connectivity index is 1.07. The molecule has 10 aromatic rings. The maximum Gasteiger partial charge on any atom is 0.143 e. The van der Waals surface area contributed by atoms with Crippen LogP contribution in [-0.2, 0) is 0 Å². The molecule has 0 radical (unpaired) electrons. The Morgan fingerprint density at radius 2 is 0.911 bits per heavy atom. The van der Waals surface area contributed by atoms with Crippen molar-refractivity contribution in [2.45, 2.75) is 0 Å². The molecule has 1 aromatic heterocycles. The molecule has 0 saturated heterocycles. The standard InChI is InChI=1S/C54H37NO/c1-3-16-40(17-4-1)49-25-9-11-27-51(49)55(48-24-14-22-44(37-48)45-30-29-38-15-7-8-20-42(38)35-45)47-33-31-39(32-34-47)43-21-13-23-46(36-43)54-53(41-18-5-2-6-19-41)50-26-10-12-28-52(50)56-54/h1-37H. The highest BCUT2D eigenvalue weighted by atomic mass is 16.3. The zero-order valence-corrected chi connectivity index (χ0v) is 30.7. The minimum absolute atomic E-state index is 0.880.